The number of carbonyl (C=O) groups is 3. The lowest BCUT2D eigenvalue weighted by Crippen LogP contribution is -2.71. The van der Waals surface area contributed by atoms with Crippen LogP contribution in [0, 0.1) is 5.41 Å². The smallest absolute Gasteiger partial charge is 0.367 e. The molecule has 3 aliphatic rings. The fraction of sp³-hybridized carbons (Fsp3) is 0.318. The average Bonchev–Trinajstić information content (AvgIpc) is 3.22. The molecule has 0 aliphatic carbocycles. The number of para-hydroxylation sites is 1. The lowest BCUT2D eigenvalue weighted by Gasteiger charge is -2.49. The molecule has 0 unspecified atom stereocenters. The van der Waals surface area contributed by atoms with Gasteiger partial charge in [0.1, 0.15) is 0 Å². The Kier molecular flexibility index (Phi) is 4.15. The normalized spacial score (nSPS) is 25.5. The number of nitrogens with one attached hydrogen (secondary N) is 1. The van der Waals surface area contributed by atoms with Gasteiger partial charge >= 0.3 is 12.2 Å². The molecule has 160 valence electrons. The Balaban J connectivity index is 1.66. The quantitative estimate of drug-likeness (QED) is 0.705. The van der Waals surface area contributed by atoms with Gasteiger partial charge < -0.3 is 4.90 Å². The van der Waals surface area contributed by atoms with Crippen LogP contribution in [0.3, 0.4) is 0 Å². The van der Waals surface area contributed by atoms with Crippen LogP contribution in [-0.2, 0) is 22.2 Å². The number of anilines is 2. The molecule has 6 nitrogen and oxygen atoms in total. The third-order valence-electron chi connectivity index (χ3n) is 6.44. The molecule has 31 heavy (non-hydrogen) atoms. The van der Waals surface area contributed by atoms with Crippen molar-refractivity contribution in [2.45, 2.75) is 31.5 Å². The number of carbonyl (C=O) groups excluding carboxylic acids is 3. The number of hydrogen-bond acceptors (Lipinski definition) is 4. The Bertz CT molecular complexity index is 1100. The topological polar surface area (TPSA) is 69.7 Å². The highest BCUT2D eigenvalue weighted by Crippen LogP contribution is 2.49. The molecule has 0 aromatic heterocycles. The van der Waals surface area contributed by atoms with Crippen LogP contribution in [0.15, 0.2) is 48.5 Å². The van der Waals surface area contributed by atoms with Crippen LogP contribution in [0.25, 0.3) is 0 Å². The van der Waals surface area contributed by atoms with Gasteiger partial charge in [0.2, 0.25) is 5.91 Å². The van der Waals surface area contributed by atoms with Gasteiger partial charge in [0.25, 0.3) is 5.91 Å². The summed E-state index contributed by atoms with van der Waals surface area (Å²) in [7, 11) is 0. The van der Waals surface area contributed by atoms with Gasteiger partial charge in [-0.05, 0) is 55.2 Å². The minimum atomic E-state index is -4.55. The number of hydrogen-bond donors (Lipinski definition) is 1. The zero-order chi connectivity index (χ0) is 22.0. The van der Waals surface area contributed by atoms with Gasteiger partial charge in [-0.1, -0.05) is 18.2 Å². The third kappa shape index (κ3) is 2.75. The second kappa shape index (κ2) is 6.57. The van der Waals surface area contributed by atoms with E-state index in [1.807, 2.05) is 4.90 Å². The maximum atomic E-state index is 13.8. The predicted octanol–water partition coefficient (Wildman–Crippen LogP) is 3.50. The zero-order valence-corrected chi connectivity index (χ0v) is 16.3. The number of fused-ring (bicyclic) bond motifs is 4. The highest BCUT2D eigenvalue weighted by molar-refractivity contribution is 6.30. The molecule has 9 heteroatoms. The number of rotatable bonds is 1. The van der Waals surface area contributed by atoms with Gasteiger partial charge in [-0.3, -0.25) is 14.9 Å². The molecule has 2 fully saturated rings. The van der Waals surface area contributed by atoms with E-state index in [0.717, 1.165) is 17.0 Å². The third-order valence-corrected chi connectivity index (χ3v) is 6.44. The minimum absolute atomic E-state index is 0.200. The molecule has 0 bridgehead atoms. The van der Waals surface area contributed by atoms with E-state index in [-0.39, 0.29) is 12.0 Å². The first-order valence-corrected chi connectivity index (χ1v) is 9.95. The lowest BCUT2D eigenvalue weighted by atomic mass is 9.68. The SMILES string of the molecule is O=C1NC(=O)[C@]2(Cc3cc(C(F)(F)F)ccc3N3CCC[C@H]32)C(=O)N1c1ccccc1. The highest BCUT2D eigenvalue weighted by Gasteiger charge is 2.63. The first-order chi connectivity index (χ1) is 14.7. The second-order valence-electron chi connectivity index (χ2n) is 8.08. The first kappa shape index (κ1) is 19.6. The van der Waals surface area contributed by atoms with Crippen molar-refractivity contribution in [3.8, 4) is 0 Å². The summed E-state index contributed by atoms with van der Waals surface area (Å²) >= 11 is 0. The Morgan fingerprint density at radius 2 is 1.77 bits per heavy atom. The number of nitrogens with zero attached hydrogens (tertiary/aromatic N) is 2. The molecule has 5 rings (SSSR count). The average molecular weight is 429 g/mol. The van der Waals surface area contributed by atoms with Crippen molar-refractivity contribution in [2.75, 3.05) is 16.3 Å². The summed E-state index contributed by atoms with van der Waals surface area (Å²) in [6.45, 7) is 0.518. The summed E-state index contributed by atoms with van der Waals surface area (Å²) in [6, 6.07) is 10.2. The van der Waals surface area contributed by atoms with Gasteiger partial charge in [-0.2, -0.15) is 13.2 Å². The number of benzene rings is 2. The Morgan fingerprint density at radius 3 is 2.48 bits per heavy atom. The molecule has 0 saturated carbocycles. The molecule has 2 atom stereocenters. The van der Waals surface area contributed by atoms with Crippen LogP contribution >= 0.6 is 0 Å². The number of barbiturate groups is 1. The molecule has 2 saturated heterocycles. The summed E-state index contributed by atoms with van der Waals surface area (Å²) in [6.07, 6.45) is -3.53. The van der Waals surface area contributed by atoms with E-state index in [1.54, 1.807) is 30.3 Å². The number of imide groups is 2. The van der Waals surface area contributed by atoms with E-state index in [1.165, 1.54) is 6.07 Å². The summed E-state index contributed by atoms with van der Waals surface area (Å²) < 4.78 is 40.0. The molecule has 3 aliphatic heterocycles. The maximum Gasteiger partial charge on any atom is 0.416 e. The second-order valence-corrected chi connectivity index (χ2v) is 8.08. The molecular formula is C22H18F3N3O3. The highest BCUT2D eigenvalue weighted by atomic mass is 19.4. The molecular weight excluding hydrogens is 411 g/mol. The van der Waals surface area contributed by atoms with Gasteiger partial charge in [0.05, 0.1) is 17.3 Å². The molecule has 1 N–H and O–H groups in total. The summed E-state index contributed by atoms with van der Waals surface area (Å²) in [5, 5.41) is 2.29. The van der Waals surface area contributed by atoms with Crippen molar-refractivity contribution in [1.29, 1.82) is 0 Å². The van der Waals surface area contributed by atoms with E-state index >= 15 is 0 Å². The minimum Gasteiger partial charge on any atom is -0.367 e. The van der Waals surface area contributed by atoms with Crippen molar-refractivity contribution in [2.24, 2.45) is 5.41 Å². The molecule has 0 radical (unpaired) electrons. The van der Waals surface area contributed by atoms with Crippen molar-refractivity contribution in [1.82, 2.24) is 5.32 Å². The summed E-state index contributed by atoms with van der Waals surface area (Å²) in [5.41, 5.74) is -1.34. The molecule has 4 amide bonds. The van der Waals surface area contributed by atoms with Crippen molar-refractivity contribution in [3.05, 3.63) is 59.7 Å². The van der Waals surface area contributed by atoms with Crippen LogP contribution in [0.4, 0.5) is 29.3 Å². The van der Waals surface area contributed by atoms with E-state index < -0.39 is 41.0 Å². The van der Waals surface area contributed by atoms with Crippen molar-refractivity contribution in [3.63, 3.8) is 0 Å². The fourth-order valence-corrected chi connectivity index (χ4v) is 5.08. The van der Waals surface area contributed by atoms with Gasteiger partial charge in [0, 0.05) is 12.2 Å². The lowest BCUT2D eigenvalue weighted by molar-refractivity contribution is -0.144. The van der Waals surface area contributed by atoms with Crippen LogP contribution < -0.4 is 15.1 Å². The summed E-state index contributed by atoms with van der Waals surface area (Å²) in [5.74, 6) is -1.46. The van der Waals surface area contributed by atoms with E-state index in [2.05, 4.69) is 5.32 Å². The molecule has 3 heterocycles. The molecule has 1 spiro atoms. The van der Waals surface area contributed by atoms with E-state index in [9.17, 15) is 27.6 Å². The fourth-order valence-electron chi connectivity index (χ4n) is 5.08. The number of amides is 4. The van der Waals surface area contributed by atoms with Crippen molar-refractivity contribution < 1.29 is 27.6 Å². The molecule has 2 aromatic carbocycles. The predicted molar refractivity (Wildman–Crippen MR) is 105 cm³/mol. The Morgan fingerprint density at radius 1 is 1.03 bits per heavy atom. The maximum absolute atomic E-state index is 13.8. The summed E-state index contributed by atoms with van der Waals surface area (Å²) in [4.78, 5) is 42.3. The van der Waals surface area contributed by atoms with E-state index in [0.29, 0.717) is 30.8 Å². The number of halogens is 3. The van der Waals surface area contributed by atoms with Crippen LogP contribution in [0.2, 0.25) is 0 Å². The largest absolute Gasteiger partial charge is 0.416 e. The van der Waals surface area contributed by atoms with Gasteiger partial charge in [-0.25, -0.2) is 9.69 Å². The van der Waals surface area contributed by atoms with Crippen LogP contribution in [0.1, 0.15) is 24.0 Å². The zero-order valence-electron chi connectivity index (χ0n) is 16.3. The number of urea groups is 1. The first-order valence-electron chi connectivity index (χ1n) is 9.95. The van der Waals surface area contributed by atoms with Gasteiger partial charge in [-0.15, -0.1) is 0 Å². The van der Waals surface area contributed by atoms with Crippen LogP contribution in [-0.4, -0.2) is 30.4 Å². The standard InChI is InChI=1S/C22H18F3N3O3/c23-22(24,25)14-8-9-16-13(11-14)12-21(17-7-4-10-27(16)17)18(29)26-20(31)28(19(21)30)15-5-2-1-3-6-15/h1-3,5-6,8-9,11,17H,4,7,10,12H2,(H,26,29,31)/t17-,21+/m0/s1. The van der Waals surface area contributed by atoms with Crippen LogP contribution in [0.5, 0.6) is 0 Å². The Hall–Kier alpha value is -3.36. The van der Waals surface area contributed by atoms with Gasteiger partial charge in [0.15, 0.2) is 5.41 Å². The van der Waals surface area contributed by atoms with Crippen molar-refractivity contribution >= 4 is 29.2 Å². The van der Waals surface area contributed by atoms with E-state index in [4.69, 9.17) is 0 Å². The monoisotopic (exact) mass is 429 g/mol. The Labute approximate surface area is 175 Å². The molecule has 2 aromatic rings. The number of alkyl halides is 3.